The number of ether oxygens (including phenoxy) is 2. The van der Waals surface area contributed by atoms with E-state index in [1.165, 1.54) is 4.90 Å². The maximum Gasteiger partial charge on any atom is 0.407 e. The molecule has 1 N–H and O–H groups in total. The Balaban J connectivity index is 1.85. The summed E-state index contributed by atoms with van der Waals surface area (Å²) in [5, 5.41) is 9.45. The number of piperidine rings is 1. The molecule has 1 heterocycles. The average Bonchev–Trinajstić information content (AvgIpc) is 2.54. The van der Waals surface area contributed by atoms with E-state index in [-0.39, 0.29) is 24.5 Å². The molecule has 1 amide bonds. The number of rotatable bonds is 6. The van der Waals surface area contributed by atoms with Gasteiger partial charge < -0.3 is 19.5 Å². The molecule has 2 atom stereocenters. The van der Waals surface area contributed by atoms with Crippen LogP contribution >= 0.6 is 0 Å². The van der Waals surface area contributed by atoms with Crippen LogP contribution in [-0.4, -0.2) is 53.0 Å². The number of carboxylic acid groups (broad SMARTS) is 1. The molecule has 0 radical (unpaired) electrons. The first-order chi connectivity index (χ1) is 12.2. The Morgan fingerprint density at radius 1 is 1.23 bits per heavy atom. The predicted molar refractivity (Wildman–Crippen MR) is 98.1 cm³/mol. The van der Waals surface area contributed by atoms with Gasteiger partial charge >= 0.3 is 12.1 Å². The van der Waals surface area contributed by atoms with Gasteiger partial charge in [-0.2, -0.15) is 0 Å². The molecule has 1 aromatic carbocycles. The van der Waals surface area contributed by atoms with Gasteiger partial charge in [0.05, 0.1) is 19.1 Å². The highest BCUT2D eigenvalue weighted by atomic mass is 16.6. The Morgan fingerprint density at radius 2 is 1.92 bits per heavy atom. The molecule has 2 unspecified atom stereocenters. The molecule has 1 saturated heterocycles. The smallest absolute Gasteiger partial charge is 0.407 e. The second-order valence-corrected chi connectivity index (χ2v) is 7.67. The van der Waals surface area contributed by atoms with Gasteiger partial charge in [-0.15, -0.1) is 0 Å². The monoisotopic (exact) mass is 363 g/mol. The first-order valence-corrected chi connectivity index (χ1v) is 9.11. The summed E-state index contributed by atoms with van der Waals surface area (Å²) in [5.41, 5.74) is 0.614. The van der Waals surface area contributed by atoms with Crippen molar-refractivity contribution in [1.82, 2.24) is 4.90 Å². The average molecular weight is 363 g/mol. The molecule has 1 aromatic rings. The van der Waals surface area contributed by atoms with E-state index >= 15 is 0 Å². The van der Waals surface area contributed by atoms with Gasteiger partial charge in [0, 0.05) is 12.6 Å². The SMILES string of the molecule is CC(C)(C)OC(=O)CCOC1CCN(C(=O)O)C(Cc2ccccc2)C1. The van der Waals surface area contributed by atoms with Crippen LogP contribution in [0.15, 0.2) is 30.3 Å². The van der Waals surface area contributed by atoms with Crippen molar-refractivity contribution >= 4 is 12.1 Å². The van der Waals surface area contributed by atoms with Crippen molar-refractivity contribution in [3.05, 3.63) is 35.9 Å². The molecule has 144 valence electrons. The summed E-state index contributed by atoms with van der Waals surface area (Å²) in [4.78, 5) is 24.8. The minimum atomic E-state index is -0.891. The zero-order valence-electron chi connectivity index (χ0n) is 15.8. The Bertz CT molecular complexity index is 596. The summed E-state index contributed by atoms with van der Waals surface area (Å²) in [6.07, 6.45) is 1.22. The number of carbonyl (C=O) groups excluding carboxylic acids is 1. The number of amides is 1. The quantitative estimate of drug-likeness (QED) is 0.783. The van der Waals surface area contributed by atoms with E-state index in [1.54, 1.807) is 0 Å². The Morgan fingerprint density at radius 3 is 2.54 bits per heavy atom. The fourth-order valence-electron chi connectivity index (χ4n) is 3.20. The maximum atomic E-state index is 11.8. The second kappa shape index (κ2) is 9.03. The summed E-state index contributed by atoms with van der Waals surface area (Å²) >= 11 is 0. The number of esters is 1. The minimum absolute atomic E-state index is 0.0400. The molecule has 6 heteroatoms. The summed E-state index contributed by atoms with van der Waals surface area (Å²) < 4.78 is 11.1. The number of nitrogens with zero attached hydrogens (tertiary/aromatic N) is 1. The van der Waals surface area contributed by atoms with Crippen molar-refractivity contribution in [3.8, 4) is 0 Å². The van der Waals surface area contributed by atoms with Crippen LogP contribution in [0, 0.1) is 0 Å². The van der Waals surface area contributed by atoms with Gasteiger partial charge in [-0.3, -0.25) is 4.79 Å². The maximum absolute atomic E-state index is 11.8. The van der Waals surface area contributed by atoms with Crippen LogP contribution in [0.5, 0.6) is 0 Å². The highest BCUT2D eigenvalue weighted by Crippen LogP contribution is 2.23. The molecule has 0 saturated carbocycles. The molecule has 1 aliphatic rings. The Labute approximate surface area is 155 Å². The van der Waals surface area contributed by atoms with Crippen LogP contribution in [0.1, 0.15) is 45.6 Å². The lowest BCUT2D eigenvalue weighted by Crippen LogP contribution is -2.48. The number of hydrogen-bond acceptors (Lipinski definition) is 4. The number of benzene rings is 1. The van der Waals surface area contributed by atoms with E-state index in [9.17, 15) is 14.7 Å². The van der Waals surface area contributed by atoms with Crippen molar-refractivity contribution in [2.75, 3.05) is 13.2 Å². The van der Waals surface area contributed by atoms with E-state index in [0.717, 1.165) is 5.56 Å². The van der Waals surface area contributed by atoms with Crippen molar-refractivity contribution in [1.29, 1.82) is 0 Å². The second-order valence-electron chi connectivity index (χ2n) is 7.67. The summed E-state index contributed by atoms with van der Waals surface area (Å²) in [6.45, 7) is 6.25. The van der Waals surface area contributed by atoms with E-state index in [0.29, 0.717) is 32.4 Å². The standard InChI is InChI=1S/C20H29NO5/c1-20(2,3)26-18(22)10-12-25-17-9-11-21(19(23)24)16(14-17)13-15-7-5-4-6-8-15/h4-8,16-17H,9-14H2,1-3H3,(H,23,24). The molecule has 1 aliphatic heterocycles. The highest BCUT2D eigenvalue weighted by Gasteiger charge is 2.32. The molecule has 0 spiro atoms. The van der Waals surface area contributed by atoms with Crippen LogP contribution < -0.4 is 0 Å². The van der Waals surface area contributed by atoms with Crippen molar-refractivity contribution in [2.24, 2.45) is 0 Å². The van der Waals surface area contributed by atoms with Gasteiger partial charge in [0.25, 0.3) is 0 Å². The number of likely N-dealkylation sites (tertiary alicyclic amines) is 1. The molecule has 1 fully saturated rings. The first kappa shape index (κ1) is 20.2. The summed E-state index contributed by atoms with van der Waals surface area (Å²) in [5.74, 6) is -0.277. The van der Waals surface area contributed by atoms with E-state index < -0.39 is 11.7 Å². The topological polar surface area (TPSA) is 76.1 Å². The molecule has 26 heavy (non-hydrogen) atoms. The van der Waals surface area contributed by atoms with Crippen LogP contribution in [-0.2, 0) is 20.7 Å². The molecule has 0 aliphatic carbocycles. The van der Waals surface area contributed by atoms with Gasteiger partial charge in [0.1, 0.15) is 5.60 Å². The Kier molecular flexibility index (Phi) is 7.03. The zero-order valence-corrected chi connectivity index (χ0v) is 15.8. The van der Waals surface area contributed by atoms with Crippen molar-refractivity contribution < 1.29 is 24.2 Å². The van der Waals surface area contributed by atoms with Gasteiger partial charge in [0.2, 0.25) is 0 Å². The fourth-order valence-corrected chi connectivity index (χ4v) is 3.20. The molecule has 0 aromatic heterocycles. The lowest BCUT2D eigenvalue weighted by atomic mass is 9.94. The number of carbonyl (C=O) groups is 2. The summed E-state index contributed by atoms with van der Waals surface area (Å²) in [7, 11) is 0. The molecule has 0 bridgehead atoms. The van der Waals surface area contributed by atoms with E-state index in [1.807, 2.05) is 51.1 Å². The molecular weight excluding hydrogens is 334 g/mol. The normalized spacial score (nSPS) is 20.7. The highest BCUT2D eigenvalue weighted by molar-refractivity contribution is 5.69. The fraction of sp³-hybridized carbons (Fsp3) is 0.600. The zero-order chi connectivity index (χ0) is 19.2. The predicted octanol–water partition coefficient (Wildman–Crippen LogP) is 3.49. The lowest BCUT2D eigenvalue weighted by Gasteiger charge is -2.37. The van der Waals surface area contributed by atoms with Crippen LogP contribution in [0.25, 0.3) is 0 Å². The van der Waals surface area contributed by atoms with Crippen LogP contribution in [0.3, 0.4) is 0 Å². The van der Waals surface area contributed by atoms with E-state index in [2.05, 4.69) is 0 Å². The minimum Gasteiger partial charge on any atom is -0.465 e. The summed E-state index contributed by atoms with van der Waals surface area (Å²) in [6, 6.07) is 9.76. The van der Waals surface area contributed by atoms with E-state index in [4.69, 9.17) is 9.47 Å². The van der Waals surface area contributed by atoms with Crippen LogP contribution in [0.4, 0.5) is 4.79 Å². The molecular formula is C20H29NO5. The van der Waals surface area contributed by atoms with Gasteiger partial charge in [-0.05, 0) is 45.6 Å². The van der Waals surface area contributed by atoms with Gasteiger partial charge in [-0.25, -0.2) is 4.79 Å². The third-order valence-corrected chi connectivity index (χ3v) is 4.31. The van der Waals surface area contributed by atoms with Crippen molar-refractivity contribution in [3.63, 3.8) is 0 Å². The van der Waals surface area contributed by atoms with Crippen molar-refractivity contribution in [2.45, 2.75) is 64.2 Å². The third-order valence-electron chi connectivity index (χ3n) is 4.31. The largest absolute Gasteiger partial charge is 0.465 e. The lowest BCUT2D eigenvalue weighted by molar-refractivity contribution is -0.156. The molecule has 2 rings (SSSR count). The Hall–Kier alpha value is -2.08. The van der Waals surface area contributed by atoms with Gasteiger partial charge in [-0.1, -0.05) is 30.3 Å². The van der Waals surface area contributed by atoms with Crippen LogP contribution in [0.2, 0.25) is 0 Å². The molecule has 6 nitrogen and oxygen atoms in total. The third kappa shape index (κ3) is 6.67. The van der Waals surface area contributed by atoms with Gasteiger partial charge in [0.15, 0.2) is 0 Å². The number of hydrogen-bond donors (Lipinski definition) is 1. The first-order valence-electron chi connectivity index (χ1n) is 9.11.